The van der Waals surface area contributed by atoms with Crippen LogP contribution in [0.15, 0.2) is 29.6 Å². The first-order valence-electron chi connectivity index (χ1n) is 5.65. The van der Waals surface area contributed by atoms with E-state index >= 15 is 0 Å². The van der Waals surface area contributed by atoms with Crippen molar-refractivity contribution >= 4 is 22.3 Å². The van der Waals surface area contributed by atoms with Crippen LogP contribution in [-0.2, 0) is 6.42 Å². The summed E-state index contributed by atoms with van der Waals surface area (Å²) in [4.78, 5) is 16.2. The van der Waals surface area contributed by atoms with Crippen LogP contribution in [0.1, 0.15) is 23.0 Å². The molecule has 0 spiro atoms. The van der Waals surface area contributed by atoms with Crippen molar-refractivity contribution < 1.29 is 9.53 Å². The van der Waals surface area contributed by atoms with Gasteiger partial charge in [0.25, 0.3) is 0 Å². The summed E-state index contributed by atoms with van der Waals surface area (Å²) in [5.74, 6) is 0.609. The van der Waals surface area contributed by atoms with Gasteiger partial charge in [0.05, 0.1) is 24.3 Å². The van der Waals surface area contributed by atoms with Crippen molar-refractivity contribution in [3.63, 3.8) is 0 Å². The Balaban J connectivity index is 2.18. The highest BCUT2D eigenvalue weighted by Gasteiger charge is 2.13. The number of nitrogens with zero attached hydrogens (tertiary/aromatic N) is 1. The number of Topliss-reactive ketones (excluding diaryl/α,β-unsaturated/α-hetero) is 1. The summed E-state index contributed by atoms with van der Waals surface area (Å²) in [5, 5.41) is 2.28. The number of hydrogen-bond acceptors (Lipinski definition) is 5. The van der Waals surface area contributed by atoms with Crippen LogP contribution >= 0.6 is 11.3 Å². The van der Waals surface area contributed by atoms with Gasteiger partial charge in [0.2, 0.25) is 0 Å². The van der Waals surface area contributed by atoms with Gasteiger partial charge in [0.1, 0.15) is 5.75 Å². The fourth-order valence-corrected chi connectivity index (χ4v) is 2.20. The van der Waals surface area contributed by atoms with Gasteiger partial charge in [-0.25, -0.2) is 4.98 Å². The first kappa shape index (κ1) is 12.6. The number of carbonyl (C=O) groups is 1. The van der Waals surface area contributed by atoms with E-state index in [1.807, 2.05) is 19.1 Å². The first-order chi connectivity index (χ1) is 8.70. The smallest absolute Gasteiger partial charge is 0.180 e. The van der Waals surface area contributed by atoms with E-state index in [1.165, 1.54) is 11.3 Å². The summed E-state index contributed by atoms with van der Waals surface area (Å²) in [6.45, 7) is 2.43. The minimum absolute atomic E-state index is 0.00986. The Labute approximate surface area is 109 Å². The lowest BCUT2D eigenvalue weighted by Gasteiger charge is -2.08. The van der Waals surface area contributed by atoms with E-state index in [4.69, 9.17) is 10.5 Å². The number of thiazole rings is 1. The quantitative estimate of drug-likeness (QED) is 0.841. The van der Waals surface area contributed by atoms with Crippen LogP contribution < -0.4 is 10.5 Å². The minimum Gasteiger partial charge on any atom is -0.493 e. The molecule has 0 bridgehead atoms. The molecule has 0 unspecified atom stereocenters. The van der Waals surface area contributed by atoms with Gasteiger partial charge in [0.15, 0.2) is 10.9 Å². The molecule has 5 heteroatoms. The second-order valence-corrected chi connectivity index (χ2v) is 4.60. The lowest BCUT2D eigenvalue weighted by molar-refractivity contribution is 0.0988. The van der Waals surface area contributed by atoms with E-state index in [1.54, 1.807) is 17.5 Å². The highest BCUT2D eigenvalue weighted by Crippen LogP contribution is 2.21. The zero-order valence-electron chi connectivity index (χ0n) is 10.1. The molecule has 18 heavy (non-hydrogen) atoms. The SMILES string of the molecule is CCOc1ccccc1C(=O)Cc1csc(N)n1. The molecule has 1 heterocycles. The number of carbonyl (C=O) groups excluding carboxylic acids is 1. The normalized spacial score (nSPS) is 10.3. The van der Waals surface area contributed by atoms with Crippen molar-refractivity contribution in [3.05, 3.63) is 40.9 Å². The van der Waals surface area contributed by atoms with Gasteiger partial charge in [-0.15, -0.1) is 11.3 Å². The first-order valence-corrected chi connectivity index (χ1v) is 6.53. The number of ether oxygens (including phenoxy) is 1. The summed E-state index contributed by atoms with van der Waals surface area (Å²) in [5.41, 5.74) is 6.83. The van der Waals surface area contributed by atoms with Crippen LogP contribution in [0.3, 0.4) is 0 Å². The molecule has 0 saturated carbocycles. The maximum atomic E-state index is 12.2. The average molecular weight is 262 g/mol. The Morgan fingerprint density at radius 3 is 2.89 bits per heavy atom. The fourth-order valence-electron chi connectivity index (χ4n) is 1.64. The number of nitrogens with two attached hydrogens (primary N) is 1. The number of nitrogen functional groups attached to an aromatic ring is 1. The van der Waals surface area contributed by atoms with Gasteiger partial charge >= 0.3 is 0 Å². The molecule has 2 rings (SSSR count). The lowest BCUT2D eigenvalue weighted by Crippen LogP contribution is -2.07. The van der Waals surface area contributed by atoms with Gasteiger partial charge in [-0.1, -0.05) is 12.1 Å². The molecule has 94 valence electrons. The van der Waals surface area contributed by atoms with Gasteiger partial charge in [-0.3, -0.25) is 4.79 Å². The van der Waals surface area contributed by atoms with E-state index in [-0.39, 0.29) is 12.2 Å². The largest absolute Gasteiger partial charge is 0.493 e. The van der Waals surface area contributed by atoms with E-state index in [9.17, 15) is 4.79 Å². The molecule has 4 nitrogen and oxygen atoms in total. The summed E-state index contributed by atoms with van der Waals surface area (Å²) >= 11 is 1.34. The van der Waals surface area contributed by atoms with E-state index in [0.29, 0.717) is 28.7 Å². The molecule has 0 aliphatic heterocycles. The molecular weight excluding hydrogens is 248 g/mol. The molecule has 1 aromatic heterocycles. The third kappa shape index (κ3) is 2.87. The number of benzene rings is 1. The monoisotopic (exact) mass is 262 g/mol. The standard InChI is InChI=1S/C13H14N2O2S/c1-2-17-12-6-4-3-5-10(12)11(16)7-9-8-18-13(14)15-9/h3-6,8H,2,7H2,1H3,(H2,14,15). The van der Waals surface area contributed by atoms with Gasteiger partial charge in [-0.05, 0) is 19.1 Å². The Kier molecular flexibility index (Phi) is 3.94. The molecule has 0 saturated heterocycles. The number of rotatable bonds is 5. The average Bonchev–Trinajstić information content (AvgIpc) is 2.76. The molecule has 0 fully saturated rings. The zero-order valence-corrected chi connectivity index (χ0v) is 10.9. The Morgan fingerprint density at radius 1 is 1.44 bits per heavy atom. The van der Waals surface area contributed by atoms with E-state index in [0.717, 1.165) is 0 Å². The van der Waals surface area contributed by atoms with Crippen LogP contribution in [0, 0.1) is 0 Å². The Hall–Kier alpha value is -1.88. The molecule has 0 amide bonds. The number of aromatic nitrogens is 1. The predicted molar refractivity (Wildman–Crippen MR) is 72.2 cm³/mol. The van der Waals surface area contributed by atoms with Crippen LogP contribution in [-0.4, -0.2) is 17.4 Å². The molecule has 0 aliphatic rings. The van der Waals surface area contributed by atoms with Crippen molar-refractivity contribution in [3.8, 4) is 5.75 Å². The topological polar surface area (TPSA) is 65.2 Å². The third-order valence-electron chi connectivity index (χ3n) is 2.40. The summed E-state index contributed by atoms with van der Waals surface area (Å²) in [6.07, 6.45) is 0.248. The second kappa shape index (κ2) is 5.64. The zero-order chi connectivity index (χ0) is 13.0. The highest BCUT2D eigenvalue weighted by atomic mass is 32.1. The van der Waals surface area contributed by atoms with Crippen LogP contribution in [0.25, 0.3) is 0 Å². The maximum absolute atomic E-state index is 12.2. The fraction of sp³-hybridized carbons (Fsp3) is 0.231. The molecule has 2 aromatic rings. The van der Waals surface area contributed by atoms with Crippen LogP contribution in [0.5, 0.6) is 5.75 Å². The van der Waals surface area contributed by atoms with E-state index in [2.05, 4.69) is 4.98 Å². The molecule has 2 N–H and O–H groups in total. The maximum Gasteiger partial charge on any atom is 0.180 e. The summed E-state index contributed by atoms with van der Waals surface area (Å²) in [7, 11) is 0. The molecule has 0 atom stereocenters. The van der Waals surface area contributed by atoms with Crippen molar-refractivity contribution in [2.75, 3.05) is 12.3 Å². The molecular formula is C13H14N2O2S. The lowest BCUT2D eigenvalue weighted by atomic mass is 10.1. The Bertz CT molecular complexity index is 551. The van der Waals surface area contributed by atoms with Crippen molar-refractivity contribution in [2.45, 2.75) is 13.3 Å². The second-order valence-electron chi connectivity index (χ2n) is 3.71. The van der Waals surface area contributed by atoms with Gasteiger partial charge in [-0.2, -0.15) is 0 Å². The number of anilines is 1. The van der Waals surface area contributed by atoms with Gasteiger partial charge < -0.3 is 10.5 Å². The predicted octanol–water partition coefficient (Wildman–Crippen LogP) is 2.55. The Morgan fingerprint density at radius 2 is 2.22 bits per heavy atom. The van der Waals surface area contributed by atoms with Crippen molar-refractivity contribution in [1.29, 1.82) is 0 Å². The van der Waals surface area contributed by atoms with Crippen molar-refractivity contribution in [1.82, 2.24) is 4.98 Å². The molecule has 0 radical (unpaired) electrons. The third-order valence-corrected chi connectivity index (χ3v) is 3.12. The van der Waals surface area contributed by atoms with Crippen molar-refractivity contribution in [2.24, 2.45) is 0 Å². The summed E-state index contributed by atoms with van der Waals surface area (Å²) in [6, 6.07) is 7.24. The summed E-state index contributed by atoms with van der Waals surface area (Å²) < 4.78 is 5.44. The number of para-hydroxylation sites is 1. The van der Waals surface area contributed by atoms with E-state index < -0.39 is 0 Å². The van der Waals surface area contributed by atoms with Crippen LogP contribution in [0.4, 0.5) is 5.13 Å². The highest BCUT2D eigenvalue weighted by molar-refractivity contribution is 7.13. The van der Waals surface area contributed by atoms with Crippen LogP contribution in [0.2, 0.25) is 0 Å². The molecule has 1 aromatic carbocycles. The number of ketones is 1. The molecule has 0 aliphatic carbocycles. The number of hydrogen-bond donors (Lipinski definition) is 1. The minimum atomic E-state index is -0.00986. The van der Waals surface area contributed by atoms with Gasteiger partial charge in [0, 0.05) is 5.38 Å².